The summed E-state index contributed by atoms with van der Waals surface area (Å²) < 4.78 is 15.8. The van der Waals surface area contributed by atoms with Crippen LogP contribution in [0.1, 0.15) is 17.2 Å². The van der Waals surface area contributed by atoms with Crippen LogP contribution in [0.25, 0.3) is 0 Å². The maximum atomic E-state index is 14.1. The van der Waals surface area contributed by atoms with Gasteiger partial charge in [-0.05, 0) is 75.4 Å². The Morgan fingerprint density at radius 2 is 2.05 bits per heavy atom. The first kappa shape index (κ1) is 15.2. The van der Waals surface area contributed by atoms with Crippen LogP contribution >= 0.6 is 50.1 Å². The lowest BCUT2D eigenvalue weighted by Gasteiger charge is -2.19. The Morgan fingerprint density at radius 3 is 2.68 bits per heavy atom. The number of rotatable bonds is 3. The quantitative estimate of drug-likeness (QED) is 0.499. The van der Waals surface area contributed by atoms with Gasteiger partial charge in [0.2, 0.25) is 0 Å². The Kier molecular flexibility index (Phi) is 5.22. The van der Waals surface area contributed by atoms with E-state index in [-0.39, 0.29) is 11.9 Å². The molecule has 0 heterocycles. The van der Waals surface area contributed by atoms with Gasteiger partial charge in [-0.3, -0.25) is 0 Å². The fourth-order valence-electron chi connectivity index (χ4n) is 1.95. The van der Waals surface area contributed by atoms with Gasteiger partial charge < -0.3 is 5.32 Å². The number of hydrogen-bond acceptors (Lipinski definition) is 1. The maximum absolute atomic E-state index is 14.1. The molecule has 0 aliphatic carbocycles. The summed E-state index contributed by atoms with van der Waals surface area (Å²) in [6.45, 7) is 0. The van der Waals surface area contributed by atoms with Crippen molar-refractivity contribution in [2.75, 3.05) is 7.05 Å². The molecule has 0 aromatic heterocycles. The molecule has 0 amide bonds. The zero-order valence-corrected chi connectivity index (χ0v) is 14.6. The predicted octanol–water partition coefficient (Wildman–Crippen LogP) is 5.16. The lowest BCUT2D eigenvalue weighted by molar-refractivity contribution is 0.575. The molecule has 1 nitrogen and oxygen atoms in total. The third-order valence-corrected chi connectivity index (χ3v) is 4.69. The minimum absolute atomic E-state index is 0.222. The van der Waals surface area contributed by atoms with Crippen LogP contribution in [0.3, 0.4) is 0 Å². The minimum Gasteiger partial charge on any atom is -0.309 e. The van der Waals surface area contributed by atoms with Crippen LogP contribution in [0, 0.1) is 9.39 Å². The van der Waals surface area contributed by atoms with E-state index in [1.807, 2.05) is 24.3 Å². The molecular weight excluding hydrogens is 443 g/mol. The van der Waals surface area contributed by atoms with E-state index in [4.69, 9.17) is 11.6 Å². The molecule has 0 saturated heterocycles. The Labute approximate surface area is 138 Å². The summed E-state index contributed by atoms with van der Waals surface area (Å²) in [4.78, 5) is 0. The minimum atomic E-state index is -0.283. The summed E-state index contributed by atoms with van der Waals surface area (Å²) >= 11 is 11.5. The van der Waals surface area contributed by atoms with Gasteiger partial charge in [0.1, 0.15) is 5.82 Å². The standard InChI is InChI=1S/C14H11BrClFIN/c1-19-14(8-3-2-4-9(18)5-8)10-6-12(16)11(15)7-13(10)17/h2-7,14,19H,1H3. The predicted molar refractivity (Wildman–Crippen MR) is 89.2 cm³/mol. The Morgan fingerprint density at radius 1 is 1.32 bits per heavy atom. The monoisotopic (exact) mass is 453 g/mol. The van der Waals surface area contributed by atoms with Crippen molar-refractivity contribution in [3.8, 4) is 0 Å². The van der Waals surface area contributed by atoms with E-state index in [9.17, 15) is 4.39 Å². The van der Waals surface area contributed by atoms with Crippen molar-refractivity contribution in [3.63, 3.8) is 0 Å². The van der Waals surface area contributed by atoms with E-state index in [1.54, 1.807) is 13.1 Å². The summed E-state index contributed by atoms with van der Waals surface area (Å²) in [5.74, 6) is -0.283. The molecule has 19 heavy (non-hydrogen) atoms. The molecule has 2 rings (SSSR count). The molecule has 2 aromatic carbocycles. The van der Waals surface area contributed by atoms with Gasteiger partial charge in [0, 0.05) is 13.6 Å². The van der Waals surface area contributed by atoms with E-state index in [2.05, 4.69) is 43.8 Å². The molecule has 0 saturated carbocycles. The van der Waals surface area contributed by atoms with Crippen LogP contribution < -0.4 is 5.32 Å². The molecule has 5 heteroatoms. The highest BCUT2D eigenvalue weighted by Gasteiger charge is 2.18. The lowest BCUT2D eigenvalue weighted by Crippen LogP contribution is -2.19. The molecular formula is C14H11BrClFIN. The van der Waals surface area contributed by atoms with Crippen LogP contribution in [0.5, 0.6) is 0 Å². The molecule has 0 spiro atoms. The van der Waals surface area contributed by atoms with Crippen molar-refractivity contribution in [2.24, 2.45) is 0 Å². The zero-order chi connectivity index (χ0) is 14.0. The van der Waals surface area contributed by atoms with E-state index in [1.165, 1.54) is 6.07 Å². The Bertz CT molecular complexity index is 606. The molecule has 0 fully saturated rings. The second kappa shape index (κ2) is 6.52. The maximum Gasteiger partial charge on any atom is 0.129 e. The van der Waals surface area contributed by atoms with E-state index in [0.717, 1.165) is 9.13 Å². The molecule has 0 aliphatic heterocycles. The second-order valence-corrected chi connectivity index (χ2v) is 6.57. The molecule has 2 aromatic rings. The van der Waals surface area contributed by atoms with E-state index >= 15 is 0 Å². The van der Waals surface area contributed by atoms with Crippen molar-refractivity contribution in [3.05, 3.63) is 66.4 Å². The van der Waals surface area contributed by atoms with E-state index < -0.39 is 0 Å². The number of hydrogen-bond donors (Lipinski definition) is 1. The highest BCUT2D eigenvalue weighted by Crippen LogP contribution is 2.31. The molecule has 1 unspecified atom stereocenters. The third kappa shape index (κ3) is 3.48. The topological polar surface area (TPSA) is 12.0 Å². The molecule has 0 aliphatic rings. The summed E-state index contributed by atoms with van der Waals surface area (Å²) in [6, 6.07) is 10.8. The van der Waals surface area contributed by atoms with E-state index in [0.29, 0.717) is 15.1 Å². The second-order valence-electron chi connectivity index (χ2n) is 4.06. The van der Waals surface area contributed by atoms with Gasteiger partial charge in [-0.1, -0.05) is 23.7 Å². The fourth-order valence-corrected chi connectivity index (χ4v) is 3.00. The lowest BCUT2D eigenvalue weighted by atomic mass is 9.98. The van der Waals surface area contributed by atoms with Crippen molar-refractivity contribution >= 4 is 50.1 Å². The van der Waals surface area contributed by atoms with Gasteiger partial charge in [0.15, 0.2) is 0 Å². The van der Waals surface area contributed by atoms with Gasteiger partial charge in [0.25, 0.3) is 0 Å². The first-order valence-corrected chi connectivity index (χ1v) is 7.85. The first-order valence-electron chi connectivity index (χ1n) is 5.60. The van der Waals surface area contributed by atoms with Gasteiger partial charge in [-0.2, -0.15) is 0 Å². The zero-order valence-electron chi connectivity index (χ0n) is 10.1. The van der Waals surface area contributed by atoms with Crippen molar-refractivity contribution in [1.82, 2.24) is 5.32 Å². The van der Waals surface area contributed by atoms with Gasteiger partial charge in [-0.25, -0.2) is 4.39 Å². The van der Waals surface area contributed by atoms with Crippen molar-refractivity contribution in [1.29, 1.82) is 0 Å². The normalized spacial score (nSPS) is 12.5. The molecule has 1 N–H and O–H groups in total. The number of halogens is 4. The molecule has 0 radical (unpaired) electrons. The fraction of sp³-hybridized carbons (Fsp3) is 0.143. The van der Waals surface area contributed by atoms with Crippen LogP contribution in [-0.2, 0) is 0 Å². The highest BCUT2D eigenvalue weighted by molar-refractivity contribution is 14.1. The average Bonchev–Trinajstić information content (AvgIpc) is 2.36. The first-order chi connectivity index (χ1) is 9.02. The van der Waals surface area contributed by atoms with Crippen LogP contribution in [-0.4, -0.2) is 7.05 Å². The third-order valence-electron chi connectivity index (χ3n) is 2.82. The molecule has 0 bridgehead atoms. The van der Waals surface area contributed by atoms with Crippen molar-refractivity contribution < 1.29 is 4.39 Å². The SMILES string of the molecule is CNC(c1cccc(I)c1)c1cc(Cl)c(Br)cc1F. The largest absolute Gasteiger partial charge is 0.309 e. The summed E-state index contributed by atoms with van der Waals surface area (Å²) in [6.07, 6.45) is 0. The average molecular weight is 455 g/mol. The van der Waals surface area contributed by atoms with Gasteiger partial charge in [-0.15, -0.1) is 0 Å². The Balaban J connectivity index is 2.51. The number of benzene rings is 2. The molecule has 1 atom stereocenters. The van der Waals surface area contributed by atoms with Crippen LogP contribution in [0.4, 0.5) is 4.39 Å². The Hall–Kier alpha value is -0.170. The smallest absolute Gasteiger partial charge is 0.129 e. The molecule has 100 valence electrons. The van der Waals surface area contributed by atoms with Gasteiger partial charge >= 0.3 is 0 Å². The summed E-state index contributed by atoms with van der Waals surface area (Å²) in [7, 11) is 1.81. The van der Waals surface area contributed by atoms with Crippen LogP contribution in [0.2, 0.25) is 5.02 Å². The highest BCUT2D eigenvalue weighted by atomic mass is 127. The van der Waals surface area contributed by atoms with Crippen LogP contribution in [0.15, 0.2) is 40.9 Å². The van der Waals surface area contributed by atoms with Gasteiger partial charge in [0.05, 0.1) is 11.1 Å². The summed E-state index contributed by atoms with van der Waals surface area (Å²) in [5.41, 5.74) is 1.55. The van der Waals surface area contributed by atoms with Crippen molar-refractivity contribution in [2.45, 2.75) is 6.04 Å². The number of nitrogens with one attached hydrogen (secondary N) is 1. The summed E-state index contributed by atoms with van der Waals surface area (Å²) in [5, 5.41) is 3.63.